The molecule has 1 aromatic rings. The van der Waals surface area contributed by atoms with E-state index in [1.54, 1.807) is 34.9 Å². The fourth-order valence-electron chi connectivity index (χ4n) is 2.36. The quantitative estimate of drug-likeness (QED) is 0.834. The lowest BCUT2D eigenvalue weighted by Gasteiger charge is -2.34. The molecule has 1 aliphatic rings. The van der Waals surface area contributed by atoms with E-state index in [1.807, 2.05) is 6.07 Å². The number of rotatable bonds is 4. The van der Waals surface area contributed by atoms with E-state index in [-0.39, 0.29) is 24.5 Å². The smallest absolute Gasteiger partial charge is 0.409 e. The molecular weight excluding hydrogens is 378 g/mol. The minimum atomic E-state index is -0.355. The van der Waals surface area contributed by atoms with Crippen molar-refractivity contribution in [3.63, 3.8) is 0 Å². The predicted octanol–water partition coefficient (Wildman–Crippen LogP) is 1.48. The normalized spacial score (nSPS) is 14.2. The zero-order chi connectivity index (χ0) is 17.5. The zero-order valence-electron chi connectivity index (χ0n) is 13.5. The van der Waals surface area contributed by atoms with Crippen molar-refractivity contribution in [2.75, 3.05) is 39.3 Å². The van der Waals surface area contributed by atoms with Crippen LogP contribution in [0.3, 0.4) is 0 Å². The molecule has 24 heavy (non-hydrogen) atoms. The molecule has 1 N–H and O–H groups in total. The molecule has 0 aromatic heterocycles. The summed E-state index contributed by atoms with van der Waals surface area (Å²) in [7, 11) is 0. The van der Waals surface area contributed by atoms with Gasteiger partial charge in [-0.2, -0.15) is 0 Å². The fraction of sp³-hybridized carbons (Fsp3) is 0.438. The highest BCUT2D eigenvalue weighted by Crippen LogP contribution is 2.15. The summed E-state index contributed by atoms with van der Waals surface area (Å²) in [6, 6.07) is 7.03. The number of hydrogen-bond donors (Lipinski definition) is 1. The molecule has 8 heteroatoms. The summed E-state index contributed by atoms with van der Waals surface area (Å²) >= 11 is 3.31. The number of piperazine rings is 1. The first-order valence-corrected chi connectivity index (χ1v) is 8.54. The van der Waals surface area contributed by atoms with E-state index in [0.717, 1.165) is 0 Å². The van der Waals surface area contributed by atoms with Gasteiger partial charge in [0.2, 0.25) is 5.91 Å². The minimum absolute atomic E-state index is 0.0699. The number of nitrogens with one attached hydrogen (secondary N) is 1. The molecule has 0 saturated carbocycles. The highest BCUT2D eigenvalue weighted by atomic mass is 79.9. The van der Waals surface area contributed by atoms with E-state index in [4.69, 9.17) is 4.74 Å². The monoisotopic (exact) mass is 397 g/mol. The first-order chi connectivity index (χ1) is 11.5. The summed E-state index contributed by atoms with van der Waals surface area (Å²) in [4.78, 5) is 39.1. The van der Waals surface area contributed by atoms with E-state index in [9.17, 15) is 14.4 Å². The average Bonchev–Trinajstić information content (AvgIpc) is 2.60. The van der Waals surface area contributed by atoms with Crippen molar-refractivity contribution in [3.05, 3.63) is 34.3 Å². The lowest BCUT2D eigenvalue weighted by Crippen LogP contribution is -2.52. The van der Waals surface area contributed by atoms with Crippen LogP contribution in [0.15, 0.2) is 28.7 Å². The zero-order valence-corrected chi connectivity index (χ0v) is 15.0. The summed E-state index contributed by atoms with van der Waals surface area (Å²) in [5.74, 6) is -0.472. The summed E-state index contributed by atoms with van der Waals surface area (Å²) in [6.45, 7) is 3.75. The second kappa shape index (κ2) is 8.68. The third kappa shape index (κ3) is 4.70. The summed E-state index contributed by atoms with van der Waals surface area (Å²) in [6.07, 6.45) is -0.355. The van der Waals surface area contributed by atoms with Crippen LogP contribution in [0.1, 0.15) is 17.3 Å². The Morgan fingerprint density at radius 2 is 1.75 bits per heavy atom. The van der Waals surface area contributed by atoms with Crippen LogP contribution < -0.4 is 5.32 Å². The van der Waals surface area contributed by atoms with Gasteiger partial charge < -0.3 is 19.9 Å². The Morgan fingerprint density at radius 3 is 2.38 bits per heavy atom. The predicted molar refractivity (Wildman–Crippen MR) is 91.7 cm³/mol. The molecule has 0 bridgehead atoms. The maximum atomic E-state index is 12.2. The largest absolute Gasteiger partial charge is 0.450 e. The van der Waals surface area contributed by atoms with Crippen LogP contribution in [-0.2, 0) is 9.53 Å². The minimum Gasteiger partial charge on any atom is -0.450 e. The van der Waals surface area contributed by atoms with Crippen LogP contribution in [0.5, 0.6) is 0 Å². The maximum Gasteiger partial charge on any atom is 0.409 e. The molecule has 1 aliphatic heterocycles. The van der Waals surface area contributed by atoms with Crippen LogP contribution in [0.2, 0.25) is 0 Å². The molecule has 1 saturated heterocycles. The fourth-order valence-corrected chi connectivity index (χ4v) is 2.83. The molecule has 1 aromatic carbocycles. The Labute approximate surface area is 149 Å². The summed E-state index contributed by atoms with van der Waals surface area (Å²) < 4.78 is 5.62. The van der Waals surface area contributed by atoms with Crippen molar-refractivity contribution in [3.8, 4) is 0 Å². The number of ether oxygens (including phenoxy) is 1. The molecule has 130 valence electrons. The Kier molecular flexibility index (Phi) is 6.60. The van der Waals surface area contributed by atoms with Gasteiger partial charge in [-0.1, -0.05) is 12.1 Å². The van der Waals surface area contributed by atoms with E-state index >= 15 is 0 Å². The Hall–Kier alpha value is -2.09. The topological polar surface area (TPSA) is 79.0 Å². The molecule has 1 heterocycles. The Bertz CT molecular complexity index is 615. The molecule has 0 spiro atoms. The van der Waals surface area contributed by atoms with Crippen LogP contribution in [0.25, 0.3) is 0 Å². The number of carbonyl (C=O) groups is 3. The van der Waals surface area contributed by atoms with E-state index in [0.29, 0.717) is 42.8 Å². The van der Waals surface area contributed by atoms with Crippen molar-refractivity contribution >= 4 is 33.8 Å². The molecule has 0 radical (unpaired) electrons. The molecular formula is C16H20BrN3O4. The van der Waals surface area contributed by atoms with Gasteiger partial charge in [0.05, 0.1) is 18.7 Å². The van der Waals surface area contributed by atoms with Gasteiger partial charge in [0, 0.05) is 30.7 Å². The standard InChI is InChI=1S/C16H20BrN3O4/c1-2-24-16(23)20-9-7-19(8-10-20)14(21)11-18-15(22)12-5-3-4-6-13(12)17/h3-6H,2,7-11H2,1H3,(H,18,22). The van der Waals surface area contributed by atoms with Gasteiger partial charge in [0.25, 0.3) is 5.91 Å². The number of amides is 3. The molecule has 7 nitrogen and oxygen atoms in total. The summed E-state index contributed by atoms with van der Waals surface area (Å²) in [5.41, 5.74) is 0.484. The molecule has 0 aliphatic carbocycles. The number of nitrogens with zero attached hydrogens (tertiary/aromatic N) is 2. The van der Waals surface area contributed by atoms with Gasteiger partial charge in [-0.25, -0.2) is 4.79 Å². The van der Waals surface area contributed by atoms with Crippen LogP contribution in [0.4, 0.5) is 4.79 Å². The maximum absolute atomic E-state index is 12.2. The lowest BCUT2D eigenvalue weighted by molar-refractivity contribution is -0.131. The molecule has 0 unspecified atom stereocenters. The SMILES string of the molecule is CCOC(=O)N1CCN(C(=O)CNC(=O)c2ccccc2Br)CC1. The second-order valence-electron chi connectivity index (χ2n) is 5.23. The highest BCUT2D eigenvalue weighted by molar-refractivity contribution is 9.10. The lowest BCUT2D eigenvalue weighted by atomic mass is 10.2. The van der Waals surface area contributed by atoms with Crippen molar-refractivity contribution < 1.29 is 19.1 Å². The molecule has 2 rings (SSSR count). The van der Waals surface area contributed by atoms with E-state index < -0.39 is 0 Å². The molecule has 3 amide bonds. The van der Waals surface area contributed by atoms with Gasteiger partial charge in [-0.15, -0.1) is 0 Å². The third-order valence-electron chi connectivity index (χ3n) is 3.68. The van der Waals surface area contributed by atoms with Gasteiger partial charge in [-0.05, 0) is 35.0 Å². The van der Waals surface area contributed by atoms with Crippen LogP contribution in [-0.4, -0.2) is 67.0 Å². The summed E-state index contributed by atoms with van der Waals surface area (Å²) in [5, 5.41) is 2.63. The Morgan fingerprint density at radius 1 is 1.12 bits per heavy atom. The van der Waals surface area contributed by atoms with Gasteiger partial charge >= 0.3 is 6.09 Å². The van der Waals surface area contributed by atoms with Crippen molar-refractivity contribution in [2.24, 2.45) is 0 Å². The first-order valence-electron chi connectivity index (χ1n) is 7.75. The van der Waals surface area contributed by atoms with Crippen LogP contribution >= 0.6 is 15.9 Å². The number of benzene rings is 1. The van der Waals surface area contributed by atoms with Gasteiger partial charge in [-0.3, -0.25) is 9.59 Å². The van der Waals surface area contributed by atoms with Gasteiger partial charge in [0.15, 0.2) is 0 Å². The highest BCUT2D eigenvalue weighted by Gasteiger charge is 2.25. The number of carbonyl (C=O) groups excluding carboxylic acids is 3. The van der Waals surface area contributed by atoms with Gasteiger partial charge in [0.1, 0.15) is 0 Å². The average molecular weight is 398 g/mol. The number of hydrogen-bond acceptors (Lipinski definition) is 4. The van der Waals surface area contributed by atoms with Crippen molar-refractivity contribution in [1.29, 1.82) is 0 Å². The second-order valence-corrected chi connectivity index (χ2v) is 6.08. The molecule has 0 atom stereocenters. The number of halogens is 1. The third-order valence-corrected chi connectivity index (χ3v) is 4.37. The Balaban J connectivity index is 1.79. The first kappa shape index (κ1) is 18.3. The molecule has 1 fully saturated rings. The van der Waals surface area contributed by atoms with E-state index in [1.165, 1.54) is 0 Å². The van der Waals surface area contributed by atoms with Crippen molar-refractivity contribution in [2.45, 2.75) is 6.92 Å². The van der Waals surface area contributed by atoms with E-state index in [2.05, 4.69) is 21.2 Å². The van der Waals surface area contributed by atoms with Crippen LogP contribution in [0, 0.1) is 0 Å². The van der Waals surface area contributed by atoms with Crippen molar-refractivity contribution in [1.82, 2.24) is 15.1 Å².